The van der Waals surface area contributed by atoms with Crippen molar-refractivity contribution in [2.24, 2.45) is 0 Å². The lowest BCUT2D eigenvalue weighted by Crippen LogP contribution is -2.06. The number of hydrogen-bond acceptors (Lipinski definition) is 3. The second-order valence-corrected chi connectivity index (χ2v) is 5.02. The Balaban J connectivity index is 0.000000447. The zero-order valence-electron chi connectivity index (χ0n) is 15.6. The van der Waals surface area contributed by atoms with Gasteiger partial charge in [-0.1, -0.05) is 68.3 Å². The zero-order valence-corrected chi connectivity index (χ0v) is 15.6. The van der Waals surface area contributed by atoms with Gasteiger partial charge in [0.1, 0.15) is 5.75 Å². The van der Waals surface area contributed by atoms with Crippen LogP contribution in [0.5, 0.6) is 5.75 Å². The number of ketones is 1. The van der Waals surface area contributed by atoms with Crippen molar-refractivity contribution in [1.29, 1.82) is 0 Å². The highest BCUT2D eigenvalue weighted by Crippen LogP contribution is 2.19. The largest absolute Gasteiger partial charge is 0.426 e. The number of hydrogen-bond donors (Lipinski definition) is 0. The van der Waals surface area contributed by atoms with Gasteiger partial charge in [-0.15, -0.1) is 0 Å². The van der Waals surface area contributed by atoms with Crippen molar-refractivity contribution in [3.63, 3.8) is 0 Å². The van der Waals surface area contributed by atoms with E-state index in [9.17, 15) is 9.59 Å². The van der Waals surface area contributed by atoms with Gasteiger partial charge in [-0.3, -0.25) is 9.59 Å². The van der Waals surface area contributed by atoms with Crippen LogP contribution in [0.15, 0.2) is 48.5 Å². The molecule has 2 aromatic carbocycles. The molecule has 2 aromatic rings. The summed E-state index contributed by atoms with van der Waals surface area (Å²) in [7, 11) is 0. The van der Waals surface area contributed by atoms with Crippen molar-refractivity contribution in [2.45, 2.75) is 48.0 Å². The Morgan fingerprint density at radius 1 is 0.875 bits per heavy atom. The van der Waals surface area contributed by atoms with Crippen LogP contribution in [0.3, 0.4) is 0 Å². The second-order valence-electron chi connectivity index (χ2n) is 5.02. The van der Waals surface area contributed by atoms with Gasteiger partial charge in [-0.2, -0.15) is 0 Å². The summed E-state index contributed by atoms with van der Waals surface area (Å²) >= 11 is 0. The third-order valence-corrected chi connectivity index (χ3v) is 2.98. The maximum absolute atomic E-state index is 11.4. The molecule has 0 bridgehead atoms. The molecule has 0 aliphatic heterocycles. The Hall–Kier alpha value is -2.42. The molecular formula is C21H28O3. The van der Waals surface area contributed by atoms with E-state index in [1.165, 1.54) is 18.1 Å². The predicted octanol–water partition coefficient (Wildman–Crippen LogP) is 5.53. The molecule has 0 amide bonds. The number of aryl methyl sites for hydroxylation is 2. The molecular weight excluding hydrogens is 300 g/mol. The van der Waals surface area contributed by atoms with Crippen LogP contribution in [0, 0.1) is 13.8 Å². The van der Waals surface area contributed by atoms with Crippen LogP contribution in [0.25, 0.3) is 0 Å². The van der Waals surface area contributed by atoms with Crippen molar-refractivity contribution in [3.8, 4) is 5.75 Å². The first-order chi connectivity index (χ1) is 11.4. The second kappa shape index (κ2) is 12.1. The summed E-state index contributed by atoms with van der Waals surface area (Å²) in [6, 6.07) is 15.2. The van der Waals surface area contributed by atoms with E-state index in [1.54, 1.807) is 31.2 Å². The monoisotopic (exact) mass is 328 g/mol. The molecule has 0 saturated carbocycles. The van der Waals surface area contributed by atoms with Crippen molar-refractivity contribution < 1.29 is 14.3 Å². The highest BCUT2D eigenvalue weighted by atomic mass is 16.5. The van der Waals surface area contributed by atoms with Gasteiger partial charge in [0.15, 0.2) is 5.78 Å². The van der Waals surface area contributed by atoms with Crippen molar-refractivity contribution in [3.05, 3.63) is 65.2 Å². The van der Waals surface area contributed by atoms with Crippen LogP contribution in [0.4, 0.5) is 0 Å². The van der Waals surface area contributed by atoms with Gasteiger partial charge in [0.2, 0.25) is 0 Å². The first-order valence-electron chi connectivity index (χ1n) is 8.28. The Morgan fingerprint density at radius 2 is 1.33 bits per heavy atom. The van der Waals surface area contributed by atoms with Crippen molar-refractivity contribution in [1.82, 2.24) is 0 Å². The number of rotatable bonds is 3. The third kappa shape index (κ3) is 8.28. The average molecular weight is 328 g/mol. The number of benzene rings is 2. The smallest absolute Gasteiger partial charge is 0.308 e. The lowest BCUT2D eigenvalue weighted by molar-refractivity contribution is -0.131. The predicted molar refractivity (Wildman–Crippen MR) is 99.6 cm³/mol. The van der Waals surface area contributed by atoms with Gasteiger partial charge >= 0.3 is 5.97 Å². The first kappa shape index (κ1) is 21.6. The molecule has 0 atom stereocenters. The standard InChI is InChI=1S/C11H12O3.C8H10.C2H6/c1-3-10(13)9-6-4-5-7-11(9)14-8(2)12;1-7-3-5-8(2)6-4-7;1-2/h4-7H,3H2,1-2H3;3-6H,1-2H3;1-2H3. The molecule has 24 heavy (non-hydrogen) atoms. The number of carbonyl (C=O) groups excluding carboxylic acids is 2. The van der Waals surface area contributed by atoms with E-state index in [0.717, 1.165) is 0 Å². The molecule has 0 aliphatic rings. The summed E-state index contributed by atoms with van der Waals surface area (Å²) in [5.74, 6) is -0.102. The summed E-state index contributed by atoms with van der Waals surface area (Å²) < 4.78 is 4.91. The highest BCUT2D eigenvalue weighted by molar-refractivity contribution is 5.99. The molecule has 0 saturated heterocycles. The maximum atomic E-state index is 11.4. The summed E-state index contributed by atoms with van der Waals surface area (Å²) in [6.45, 7) is 11.3. The van der Waals surface area contributed by atoms with Crippen LogP contribution < -0.4 is 4.74 Å². The Labute approximate surface area is 145 Å². The molecule has 0 aliphatic carbocycles. The molecule has 130 valence electrons. The number of para-hydroxylation sites is 1. The van der Waals surface area contributed by atoms with Crippen LogP contribution in [-0.2, 0) is 4.79 Å². The Morgan fingerprint density at radius 3 is 1.75 bits per heavy atom. The quantitative estimate of drug-likeness (QED) is 0.422. The van der Waals surface area contributed by atoms with Gasteiger partial charge in [0, 0.05) is 13.3 Å². The molecule has 0 spiro atoms. The van der Waals surface area contributed by atoms with E-state index in [2.05, 4.69) is 38.1 Å². The normalized spacial score (nSPS) is 8.92. The van der Waals surface area contributed by atoms with Gasteiger partial charge in [0.25, 0.3) is 0 Å². The molecule has 2 rings (SSSR count). The SMILES string of the molecule is CC.CCC(=O)c1ccccc1OC(C)=O.Cc1ccc(C)cc1. The fraction of sp³-hybridized carbons (Fsp3) is 0.333. The third-order valence-electron chi connectivity index (χ3n) is 2.98. The van der Waals surface area contributed by atoms with E-state index >= 15 is 0 Å². The number of Topliss-reactive ketones (excluding diaryl/α,β-unsaturated/α-hetero) is 1. The van der Waals surface area contributed by atoms with Gasteiger partial charge < -0.3 is 4.74 Å². The van der Waals surface area contributed by atoms with Gasteiger partial charge in [-0.25, -0.2) is 0 Å². The van der Waals surface area contributed by atoms with E-state index in [4.69, 9.17) is 4.74 Å². The van der Waals surface area contributed by atoms with E-state index in [1.807, 2.05) is 13.8 Å². The average Bonchev–Trinajstić information content (AvgIpc) is 2.59. The lowest BCUT2D eigenvalue weighted by Gasteiger charge is -2.05. The van der Waals surface area contributed by atoms with Crippen LogP contribution in [0.1, 0.15) is 55.6 Å². The lowest BCUT2D eigenvalue weighted by atomic mass is 10.1. The minimum absolute atomic E-state index is 0.0261. The number of carbonyl (C=O) groups is 2. The van der Waals surface area contributed by atoms with Crippen molar-refractivity contribution in [2.75, 3.05) is 0 Å². The summed E-state index contributed by atoms with van der Waals surface area (Å²) in [4.78, 5) is 22.2. The van der Waals surface area contributed by atoms with Crippen molar-refractivity contribution >= 4 is 11.8 Å². The zero-order chi connectivity index (χ0) is 18.5. The summed E-state index contributed by atoms with van der Waals surface area (Å²) in [6.07, 6.45) is 0.401. The molecule has 0 aromatic heterocycles. The number of ether oxygens (including phenoxy) is 1. The Kier molecular flexibility index (Phi) is 10.8. The summed E-state index contributed by atoms with van der Waals surface area (Å²) in [5.41, 5.74) is 3.12. The summed E-state index contributed by atoms with van der Waals surface area (Å²) in [5, 5.41) is 0. The first-order valence-corrected chi connectivity index (χ1v) is 8.28. The fourth-order valence-corrected chi connectivity index (χ4v) is 1.77. The Bertz CT molecular complexity index is 607. The van der Waals surface area contributed by atoms with Gasteiger partial charge in [0.05, 0.1) is 5.56 Å². The maximum Gasteiger partial charge on any atom is 0.308 e. The molecule has 0 heterocycles. The molecule has 0 N–H and O–H groups in total. The van der Waals surface area contributed by atoms with E-state index < -0.39 is 5.97 Å². The van der Waals surface area contributed by atoms with Gasteiger partial charge in [-0.05, 0) is 26.0 Å². The van der Waals surface area contributed by atoms with E-state index in [0.29, 0.717) is 17.7 Å². The highest BCUT2D eigenvalue weighted by Gasteiger charge is 2.10. The fourth-order valence-electron chi connectivity index (χ4n) is 1.77. The molecule has 3 heteroatoms. The molecule has 0 fully saturated rings. The molecule has 0 unspecified atom stereocenters. The van der Waals surface area contributed by atoms with Crippen LogP contribution >= 0.6 is 0 Å². The van der Waals surface area contributed by atoms with Crippen LogP contribution in [-0.4, -0.2) is 11.8 Å². The minimum atomic E-state index is -0.415. The number of esters is 1. The van der Waals surface area contributed by atoms with Crippen LogP contribution in [0.2, 0.25) is 0 Å². The molecule has 0 radical (unpaired) electrons. The molecule has 3 nitrogen and oxygen atoms in total. The van der Waals surface area contributed by atoms with E-state index in [-0.39, 0.29) is 5.78 Å². The minimum Gasteiger partial charge on any atom is -0.426 e. The topological polar surface area (TPSA) is 43.4 Å².